The third-order valence-electron chi connectivity index (χ3n) is 1.49. The lowest BCUT2D eigenvalue weighted by atomic mass is 10.2. The number of nitrogens with zero attached hydrogens (tertiary/aromatic N) is 2. The molecule has 6 heteroatoms. The maximum Gasteiger partial charge on any atom is 0.319 e. The summed E-state index contributed by atoms with van der Waals surface area (Å²) in [7, 11) is 0. The molecular weight excluding hydrogens is 251 g/mol. The molecule has 0 aliphatic heterocycles. The molecule has 0 spiro atoms. The Labute approximate surface area is 105 Å². The molecule has 0 bridgehead atoms. The van der Waals surface area contributed by atoms with Gasteiger partial charge in [0, 0.05) is 6.07 Å². The lowest BCUT2D eigenvalue weighted by molar-refractivity contribution is -0.0173. The molecule has 0 saturated heterocycles. The summed E-state index contributed by atoms with van der Waals surface area (Å²) >= 11 is 11.4. The van der Waals surface area contributed by atoms with Gasteiger partial charge in [0.1, 0.15) is 16.9 Å². The van der Waals surface area contributed by atoms with Crippen molar-refractivity contribution in [2.75, 3.05) is 13.2 Å². The standard InChI is InChI=1S/C10H14Cl2N2O2/c1-10(2,3)16-5-4-15-9-13-7(11)6-8(12)14-9/h6H,4-5H2,1-3H3. The van der Waals surface area contributed by atoms with E-state index in [1.165, 1.54) is 6.07 Å². The average Bonchev–Trinajstić information content (AvgIpc) is 2.09. The fraction of sp³-hybridized carbons (Fsp3) is 0.600. The molecule has 4 nitrogen and oxygen atoms in total. The molecule has 0 aliphatic rings. The van der Waals surface area contributed by atoms with E-state index in [0.717, 1.165) is 0 Å². The van der Waals surface area contributed by atoms with E-state index < -0.39 is 0 Å². The maximum atomic E-state index is 5.69. The van der Waals surface area contributed by atoms with Gasteiger partial charge in [-0.15, -0.1) is 0 Å². The summed E-state index contributed by atoms with van der Waals surface area (Å²) in [5, 5.41) is 0.512. The average molecular weight is 265 g/mol. The van der Waals surface area contributed by atoms with Gasteiger partial charge in [0.2, 0.25) is 0 Å². The molecule has 1 heterocycles. The van der Waals surface area contributed by atoms with E-state index in [2.05, 4.69) is 9.97 Å². The van der Waals surface area contributed by atoms with Gasteiger partial charge >= 0.3 is 6.01 Å². The first kappa shape index (κ1) is 13.5. The highest BCUT2D eigenvalue weighted by Gasteiger charge is 2.09. The van der Waals surface area contributed by atoms with Crippen LogP contribution in [0.2, 0.25) is 10.3 Å². The van der Waals surface area contributed by atoms with E-state index in [9.17, 15) is 0 Å². The van der Waals surface area contributed by atoms with Crippen molar-refractivity contribution < 1.29 is 9.47 Å². The number of halogens is 2. The largest absolute Gasteiger partial charge is 0.461 e. The third kappa shape index (κ3) is 5.49. The van der Waals surface area contributed by atoms with Gasteiger partial charge < -0.3 is 9.47 Å². The summed E-state index contributed by atoms with van der Waals surface area (Å²) in [5.41, 5.74) is -0.184. The van der Waals surface area contributed by atoms with Crippen molar-refractivity contribution >= 4 is 23.2 Å². The van der Waals surface area contributed by atoms with E-state index in [-0.39, 0.29) is 21.9 Å². The first-order chi connectivity index (χ1) is 7.37. The zero-order chi connectivity index (χ0) is 12.2. The molecular formula is C10H14Cl2N2O2. The van der Waals surface area contributed by atoms with E-state index in [1.807, 2.05) is 20.8 Å². The van der Waals surface area contributed by atoms with Gasteiger partial charge in [-0.2, -0.15) is 9.97 Å². The zero-order valence-corrected chi connectivity index (χ0v) is 11.0. The lowest BCUT2D eigenvalue weighted by Crippen LogP contribution is -2.22. The Morgan fingerprint density at radius 2 is 1.69 bits per heavy atom. The molecule has 0 saturated carbocycles. The quantitative estimate of drug-likeness (QED) is 0.620. The number of hydrogen-bond donors (Lipinski definition) is 0. The summed E-state index contributed by atoms with van der Waals surface area (Å²) in [6.07, 6.45) is 0. The van der Waals surface area contributed by atoms with Crippen molar-refractivity contribution in [3.05, 3.63) is 16.4 Å². The Balaban J connectivity index is 2.37. The van der Waals surface area contributed by atoms with Crippen LogP contribution in [-0.4, -0.2) is 28.8 Å². The molecule has 0 radical (unpaired) electrons. The molecule has 1 aromatic heterocycles. The molecule has 0 unspecified atom stereocenters. The highest BCUT2D eigenvalue weighted by molar-refractivity contribution is 6.33. The molecule has 0 fully saturated rings. The predicted molar refractivity (Wildman–Crippen MR) is 63.3 cm³/mol. The molecule has 0 N–H and O–H groups in total. The van der Waals surface area contributed by atoms with Gasteiger partial charge in [-0.3, -0.25) is 0 Å². The van der Waals surface area contributed by atoms with Crippen molar-refractivity contribution in [1.82, 2.24) is 9.97 Å². The van der Waals surface area contributed by atoms with Gasteiger partial charge in [0.05, 0.1) is 12.2 Å². The topological polar surface area (TPSA) is 44.2 Å². The number of aromatic nitrogens is 2. The number of rotatable bonds is 4. The van der Waals surface area contributed by atoms with Crippen molar-refractivity contribution in [3.8, 4) is 6.01 Å². The Hall–Kier alpha value is -0.580. The summed E-state index contributed by atoms with van der Waals surface area (Å²) in [4.78, 5) is 7.72. The van der Waals surface area contributed by atoms with Crippen LogP contribution in [0.5, 0.6) is 6.01 Å². The minimum absolute atomic E-state index is 0.162. The first-order valence-electron chi connectivity index (χ1n) is 4.84. The van der Waals surface area contributed by atoms with Gasteiger partial charge in [-0.05, 0) is 20.8 Å². The van der Waals surface area contributed by atoms with Crippen LogP contribution in [0.4, 0.5) is 0 Å². The minimum atomic E-state index is -0.184. The summed E-state index contributed by atoms with van der Waals surface area (Å²) in [6, 6.07) is 1.61. The Bertz CT molecular complexity index is 333. The van der Waals surface area contributed by atoms with Crippen molar-refractivity contribution in [2.45, 2.75) is 26.4 Å². The number of ether oxygens (including phenoxy) is 2. The van der Waals surface area contributed by atoms with Gasteiger partial charge in [-0.1, -0.05) is 23.2 Å². The Morgan fingerprint density at radius 1 is 1.12 bits per heavy atom. The second kappa shape index (κ2) is 5.66. The fourth-order valence-corrected chi connectivity index (χ4v) is 1.32. The van der Waals surface area contributed by atoms with E-state index in [1.54, 1.807) is 0 Å². The van der Waals surface area contributed by atoms with Crippen molar-refractivity contribution in [1.29, 1.82) is 0 Å². The number of hydrogen-bond acceptors (Lipinski definition) is 4. The molecule has 90 valence electrons. The van der Waals surface area contributed by atoms with Crippen molar-refractivity contribution in [2.24, 2.45) is 0 Å². The Kier molecular flexibility index (Phi) is 4.77. The Morgan fingerprint density at radius 3 is 2.19 bits per heavy atom. The van der Waals surface area contributed by atoms with Crippen LogP contribution in [0.3, 0.4) is 0 Å². The fourth-order valence-electron chi connectivity index (χ4n) is 0.916. The highest BCUT2D eigenvalue weighted by atomic mass is 35.5. The van der Waals surface area contributed by atoms with E-state index in [4.69, 9.17) is 32.7 Å². The molecule has 0 atom stereocenters. The molecule has 1 rings (SSSR count). The molecule has 16 heavy (non-hydrogen) atoms. The second-order valence-corrected chi connectivity index (χ2v) is 4.88. The highest BCUT2D eigenvalue weighted by Crippen LogP contribution is 2.15. The lowest BCUT2D eigenvalue weighted by Gasteiger charge is -2.19. The monoisotopic (exact) mass is 264 g/mol. The smallest absolute Gasteiger partial charge is 0.319 e. The van der Waals surface area contributed by atoms with Crippen LogP contribution >= 0.6 is 23.2 Å². The minimum Gasteiger partial charge on any atom is -0.461 e. The first-order valence-corrected chi connectivity index (χ1v) is 5.59. The van der Waals surface area contributed by atoms with Gasteiger partial charge in [0.25, 0.3) is 0 Å². The third-order valence-corrected chi connectivity index (χ3v) is 1.88. The van der Waals surface area contributed by atoms with Crippen LogP contribution in [0.15, 0.2) is 6.07 Å². The molecule has 0 aliphatic carbocycles. The van der Waals surface area contributed by atoms with Crippen LogP contribution in [0, 0.1) is 0 Å². The van der Waals surface area contributed by atoms with Crippen LogP contribution in [-0.2, 0) is 4.74 Å². The van der Waals surface area contributed by atoms with E-state index >= 15 is 0 Å². The second-order valence-electron chi connectivity index (χ2n) is 4.11. The van der Waals surface area contributed by atoms with Gasteiger partial charge in [0.15, 0.2) is 0 Å². The van der Waals surface area contributed by atoms with Gasteiger partial charge in [-0.25, -0.2) is 0 Å². The summed E-state index contributed by atoms with van der Waals surface area (Å²) < 4.78 is 10.7. The SMILES string of the molecule is CC(C)(C)OCCOc1nc(Cl)cc(Cl)n1. The van der Waals surface area contributed by atoms with Crippen LogP contribution in [0.1, 0.15) is 20.8 Å². The predicted octanol–water partition coefficient (Wildman–Crippen LogP) is 2.98. The van der Waals surface area contributed by atoms with Crippen molar-refractivity contribution in [3.63, 3.8) is 0 Å². The van der Waals surface area contributed by atoms with Crippen LogP contribution < -0.4 is 4.74 Å². The molecule has 0 amide bonds. The van der Waals surface area contributed by atoms with Crippen LogP contribution in [0.25, 0.3) is 0 Å². The maximum absolute atomic E-state index is 5.69. The summed E-state index contributed by atoms with van der Waals surface area (Å²) in [6.45, 7) is 6.73. The van der Waals surface area contributed by atoms with E-state index in [0.29, 0.717) is 13.2 Å². The summed E-state index contributed by atoms with van der Waals surface area (Å²) in [5.74, 6) is 0. The normalized spacial score (nSPS) is 11.6. The molecule has 0 aromatic carbocycles. The molecule has 1 aromatic rings. The zero-order valence-electron chi connectivity index (χ0n) is 9.46.